The van der Waals surface area contributed by atoms with Crippen molar-refractivity contribution in [2.45, 2.75) is 32.9 Å². The smallest absolute Gasteiger partial charge is 0.337 e. The molecule has 0 bridgehead atoms. The van der Waals surface area contributed by atoms with Crippen molar-refractivity contribution in [1.29, 1.82) is 0 Å². The molecule has 3 aromatic carbocycles. The van der Waals surface area contributed by atoms with Crippen molar-refractivity contribution in [1.82, 2.24) is 14.9 Å². The van der Waals surface area contributed by atoms with Crippen LogP contribution in [0.5, 0.6) is 11.5 Å². The monoisotopic (exact) mass is 588 g/mol. The number of aryl methyl sites for hydroxylation is 2. The van der Waals surface area contributed by atoms with E-state index >= 15 is 0 Å². The van der Waals surface area contributed by atoms with Gasteiger partial charge in [0, 0.05) is 29.0 Å². The highest BCUT2D eigenvalue weighted by molar-refractivity contribution is 7.80. The molecule has 2 atom stereocenters. The molecule has 0 aliphatic carbocycles. The molecule has 1 aliphatic rings. The minimum atomic E-state index is -0.358. The van der Waals surface area contributed by atoms with Crippen LogP contribution in [0.1, 0.15) is 50.7 Å². The van der Waals surface area contributed by atoms with Gasteiger partial charge in [0.2, 0.25) is 0 Å². The number of carbonyl (C=O) groups excluding carboxylic acids is 1. The van der Waals surface area contributed by atoms with Crippen molar-refractivity contribution in [3.8, 4) is 17.2 Å². The molecule has 5 aromatic rings. The van der Waals surface area contributed by atoms with E-state index < -0.39 is 0 Å². The number of aromatic nitrogens is 2. The number of ether oxygens (including phenoxy) is 2. The molecule has 43 heavy (non-hydrogen) atoms. The maximum absolute atomic E-state index is 12.0. The lowest BCUT2D eigenvalue weighted by molar-refractivity contribution is 0.0600. The topological polar surface area (TPSA) is 68.6 Å². The predicted octanol–water partition coefficient (Wildman–Crippen LogP) is 7.55. The number of nitrogens with zero attached hydrogens (tertiary/aromatic N) is 3. The van der Waals surface area contributed by atoms with Gasteiger partial charge < -0.3 is 24.3 Å². The third-order valence-electron chi connectivity index (χ3n) is 7.81. The second kappa shape index (κ2) is 11.7. The number of rotatable bonds is 7. The second-order valence-corrected chi connectivity index (χ2v) is 11.0. The lowest BCUT2D eigenvalue weighted by Crippen LogP contribution is -2.29. The summed E-state index contributed by atoms with van der Waals surface area (Å²) in [6.07, 6.45) is 1.81. The zero-order chi connectivity index (χ0) is 30.1. The second-order valence-electron chi connectivity index (χ2n) is 10.6. The number of hydrogen-bond acceptors (Lipinski definition) is 5. The van der Waals surface area contributed by atoms with E-state index in [9.17, 15) is 4.79 Å². The zero-order valence-electron chi connectivity index (χ0n) is 24.4. The van der Waals surface area contributed by atoms with Gasteiger partial charge in [0.05, 0.1) is 30.5 Å². The van der Waals surface area contributed by atoms with E-state index in [1.807, 2.05) is 85.1 Å². The van der Waals surface area contributed by atoms with Crippen LogP contribution >= 0.6 is 12.2 Å². The summed E-state index contributed by atoms with van der Waals surface area (Å²) < 4.78 is 13.2. The Bertz CT molecular complexity index is 1770. The molecule has 2 unspecified atom stereocenters. The maximum Gasteiger partial charge on any atom is 0.337 e. The molecule has 216 valence electrons. The molecule has 7 nitrogen and oxygen atoms in total. The van der Waals surface area contributed by atoms with Crippen molar-refractivity contribution in [2.75, 3.05) is 12.0 Å². The zero-order valence-corrected chi connectivity index (χ0v) is 25.3. The number of hydrogen-bond donors (Lipinski definition) is 1. The van der Waals surface area contributed by atoms with Crippen LogP contribution in [0, 0.1) is 20.8 Å². The molecule has 1 aliphatic heterocycles. The number of nitrogens with one attached hydrogen (secondary N) is 1. The summed E-state index contributed by atoms with van der Waals surface area (Å²) in [6, 6.07) is 31.3. The molecule has 1 N–H and O–H groups in total. The minimum absolute atomic E-state index is 0.166. The summed E-state index contributed by atoms with van der Waals surface area (Å²) in [4.78, 5) is 18.9. The molecule has 8 heteroatoms. The van der Waals surface area contributed by atoms with E-state index in [2.05, 4.69) is 41.6 Å². The molecule has 1 fully saturated rings. The van der Waals surface area contributed by atoms with Crippen LogP contribution in [0.3, 0.4) is 0 Å². The van der Waals surface area contributed by atoms with Gasteiger partial charge in [-0.25, -0.2) is 4.79 Å². The first kappa shape index (κ1) is 28.2. The Hall–Kier alpha value is -4.95. The molecule has 2 aromatic heterocycles. The third kappa shape index (κ3) is 5.49. The van der Waals surface area contributed by atoms with Crippen LogP contribution < -0.4 is 15.0 Å². The highest BCUT2D eigenvalue weighted by atomic mass is 32.1. The number of anilines is 1. The van der Waals surface area contributed by atoms with Gasteiger partial charge in [-0.3, -0.25) is 4.98 Å². The molecule has 0 saturated carbocycles. The average molecular weight is 589 g/mol. The first-order valence-electron chi connectivity index (χ1n) is 14.1. The van der Waals surface area contributed by atoms with Gasteiger partial charge in [-0.2, -0.15) is 0 Å². The standard InChI is InChI=1S/C35H32N4O3S/c1-22-8-16-28(17-9-22)42-29-18-14-27(15-19-29)39-33(32(37-35(39)43)31-7-5-6-20-36-31)30-21-23(2)38(24(30)3)26-12-10-25(11-13-26)34(40)41-4/h5-21,32-33H,1-4H3,(H,37,43). The Balaban J connectivity index is 1.38. The lowest BCUT2D eigenvalue weighted by Gasteiger charge is -2.28. The number of thiocarbonyl (C=S) groups is 1. The molecule has 1 saturated heterocycles. The van der Waals surface area contributed by atoms with E-state index in [0.29, 0.717) is 10.7 Å². The van der Waals surface area contributed by atoms with Gasteiger partial charge >= 0.3 is 5.97 Å². The summed E-state index contributed by atoms with van der Waals surface area (Å²) in [7, 11) is 1.39. The predicted molar refractivity (Wildman–Crippen MR) is 172 cm³/mol. The van der Waals surface area contributed by atoms with Crippen LogP contribution in [0.4, 0.5) is 5.69 Å². The van der Waals surface area contributed by atoms with Crippen molar-refractivity contribution < 1.29 is 14.3 Å². The normalized spacial score (nSPS) is 16.2. The minimum Gasteiger partial charge on any atom is -0.465 e. The van der Waals surface area contributed by atoms with Crippen LogP contribution in [0.15, 0.2) is 103 Å². The summed E-state index contributed by atoms with van der Waals surface area (Å²) in [5.74, 6) is 1.18. The van der Waals surface area contributed by atoms with Gasteiger partial charge in [0.1, 0.15) is 11.5 Å². The lowest BCUT2D eigenvalue weighted by atomic mass is 9.96. The molecule has 0 spiro atoms. The van der Waals surface area contributed by atoms with Gasteiger partial charge in [0.25, 0.3) is 0 Å². The third-order valence-corrected chi connectivity index (χ3v) is 8.12. The van der Waals surface area contributed by atoms with Crippen LogP contribution in [-0.2, 0) is 4.74 Å². The van der Waals surface area contributed by atoms with Crippen molar-refractivity contribution in [3.05, 3.63) is 137 Å². The van der Waals surface area contributed by atoms with E-state index in [4.69, 9.17) is 26.7 Å². The Kier molecular flexibility index (Phi) is 7.69. The number of methoxy groups -OCH3 is 1. The molecule has 0 amide bonds. The molecule has 0 radical (unpaired) electrons. The van der Waals surface area contributed by atoms with Gasteiger partial charge in [-0.05, 0) is 117 Å². The largest absolute Gasteiger partial charge is 0.465 e. The fourth-order valence-electron chi connectivity index (χ4n) is 5.71. The SMILES string of the molecule is COC(=O)c1ccc(-n2c(C)cc(C3C(c4ccccn4)NC(=S)N3c3ccc(Oc4ccc(C)cc4)cc3)c2C)cc1. The first-order valence-corrected chi connectivity index (χ1v) is 14.5. The fourth-order valence-corrected chi connectivity index (χ4v) is 6.06. The molecular formula is C35H32N4O3S. The van der Waals surface area contributed by atoms with E-state index in [-0.39, 0.29) is 18.1 Å². The Morgan fingerprint density at radius 1 is 0.860 bits per heavy atom. The highest BCUT2D eigenvalue weighted by Crippen LogP contribution is 2.44. The van der Waals surface area contributed by atoms with Crippen LogP contribution in [0.2, 0.25) is 0 Å². The van der Waals surface area contributed by atoms with Crippen molar-refractivity contribution in [2.24, 2.45) is 0 Å². The summed E-state index contributed by atoms with van der Waals surface area (Å²) >= 11 is 5.96. The highest BCUT2D eigenvalue weighted by Gasteiger charge is 2.42. The van der Waals surface area contributed by atoms with E-state index in [1.54, 1.807) is 12.1 Å². The number of esters is 1. The van der Waals surface area contributed by atoms with Crippen LogP contribution in [-0.4, -0.2) is 27.7 Å². The summed E-state index contributed by atoms with van der Waals surface area (Å²) in [5, 5.41) is 4.18. The summed E-state index contributed by atoms with van der Waals surface area (Å²) in [6.45, 7) is 6.26. The molecule has 6 rings (SSSR count). The van der Waals surface area contributed by atoms with Crippen molar-refractivity contribution in [3.63, 3.8) is 0 Å². The number of carbonyl (C=O) groups is 1. The number of benzene rings is 3. The van der Waals surface area contributed by atoms with E-state index in [1.165, 1.54) is 12.7 Å². The fraction of sp³-hybridized carbons (Fsp3) is 0.171. The summed E-state index contributed by atoms with van der Waals surface area (Å²) in [5.41, 5.74) is 7.77. The molecule has 3 heterocycles. The number of pyridine rings is 1. The van der Waals surface area contributed by atoms with Crippen molar-refractivity contribution >= 4 is 29.0 Å². The van der Waals surface area contributed by atoms with Crippen LogP contribution in [0.25, 0.3) is 5.69 Å². The quantitative estimate of drug-likeness (QED) is 0.155. The molecular weight excluding hydrogens is 556 g/mol. The van der Waals surface area contributed by atoms with Gasteiger partial charge in [-0.15, -0.1) is 0 Å². The van der Waals surface area contributed by atoms with Gasteiger partial charge in [-0.1, -0.05) is 23.8 Å². The first-order chi connectivity index (χ1) is 20.8. The maximum atomic E-state index is 12.0. The van der Waals surface area contributed by atoms with Gasteiger partial charge in [0.15, 0.2) is 5.11 Å². The Morgan fingerprint density at radius 2 is 1.51 bits per heavy atom. The van der Waals surface area contributed by atoms with E-state index in [0.717, 1.165) is 45.5 Å². The Labute approximate surface area is 256 Å². The average Bonchev–Trinajstić information content (AvgIpc) is 3.53. The Morgan fingerprint density at radius 3 is 2.14 bits per heavy atom.